The van der Waals surface area contributed by atoms with Crippen molar-refractivity contribution in [1.82, 2.24) is 15.2 Å². The average molecular weight is 208 g/mol. The fraction of sp³-hybridized carbons (Fsp3) is 0.333. The molecule has 2 rings (SSSR count). The first kappa shape index (κ1) is 9.36. The molecule has 0 fully saturated rings. The molecule has 5 heteroatoms. The second-order valence-electron chi connectivity index (χ2n) is 3.71. The van der Waals surface area contributed by atoms with E-state index < -0.39 is 5.54 Å². The van der Waals surface area contributed by atoms with Crippen molar-refractivity contribution in [2.75, 3.05) is 0 Å². The fourth-order valence-electron chi connectivity index (χ4n) is 1.07. The minimum atomic E-state index is -0.470. The maximum absolute atomic E-state index is 5.89. The van der Waals surface area contributed by atoms with Crippen LogP contribution in [0.25, 0.3) is 10.7 Å². The highest BCUT2D eigenvalue weighted by Gasteiger charge is 2.19. The number of thiophene rings is 1. The van der Waals surface area contributed by atoms with E-state index in [1.807, 2.05) is 31.4 Å². The van der Waals surface area contributed by atoms with Gasteiger partial charge in [-0.15, -0.1) is 11.3 Å². The van der Waals surface area contributed by atoms with Crippen molar-refractivity contribution in [3.05, 3.63) is 23.3 Å². The zero-order chi connectivity index (χ0) is 10.2. The monoisotopic (exact) mass is 208 g/mol. The van der Waals surface area contributed by atoms with Gasteiger partial charge in [0.15, 0.2) is 5.82 Å². The third-order valence-corrected chi connectivity index (χ3v) is 2.70. The maximum atomic E-state index is 5.89. The lowest BCUT2D eigenvalue weighted by molar-refractivity contribution is 0.516. The van der Waals surface area contributed by atoms with E-state index in [1.165, 1.54) is 0 Å². The van der Waals surface area contributed by atoms with E-state index in [2.05, 4.69) is 15.2 Å². The van der Waals surface area contributed by atoms with Crippen LogP contribution in [-0.4, -0.2) is 15.2 Å². The summed E-state index contributed by atoms with van der Waals surface area (Å²) in [4.78, 5) is 5.40. The predicted molar refractivity (Wildman–Crippen MR) is 56.9 cm³/mol. The summed E-state index contributed by atoms with van der Waals surface area (Å²) >= 11 is 1.61. The number of nitrogens with two attached hydrogens (primary N) is 1. The first-order chi connectivity index (χ1) is 6.57. The van der Waals surface area contributed by atoms with Gasteiger partial charge in [0.25, 0.3) is 0 Å². The molecule has 0 unspecified atom stereocenters. The molecule has 0 aliphatic heterocycles. The number of H-pyrrole nitrogens is 1. The summed E-state index contributed by atoms with van der Waals surface area (Å²) in [6.45, 7) is 3.79. The molecule has 0 bridgehead atoms. The molecule has 0 aliphatic carbocycles. The molecule has 0 amide bonds. The van der Waals surface area contributed by atoms with Gasteiger partial charge in [-0.25, -0.2) is 4.98 Å². The van der Waals surface area contributed by atoms with Crippen LogP contribution in [0.5, 0.6) is 0 Å². The summed E-state index contributed by atoms with van der Waals surface area (Å²) in [5.74, 6) is 1.43. The van der Waals surface area contributed by atoms with Gasteiger partial charge in [-0.2, -0.15) is 5.10 Å². The number of hydrogen-bond donors (Lipinski definition) is 2. The Morgan fingerprint density at radius 3 is 2.79 bits per heavy atom. The van der Waals surface area contributed by atoms with Crippen LogP contribution in [-0.2, 0) is 5.54 Å². The van der Waals surface area contributed by atoms with Gasteiger partial charge in [-0.3, -0.25) is 5.10 Å². The lowest BCUT2D eigenvalue weighted by Gasteiger charge is -2.13. The normalized spacial score (nSPS) is 11.9. The molecule has 0 aromatic carbocycles. The Balaban J connectivity index is 2.36. The second-order valence-corrected chi connectivity index (χ2v) is 4.65. The summed E-state index contributed by atoms with van der Waals surface area (Å²) in [5.41, 5.74) is 5.42. The molecular formula is C9H12N4S. The molecule has 0 radical (unpaired) electrons. The van der Waals surface area contributed by atoms with Gasteiger partial charge in [0, 0.05) is 0 Å². The number of aromatic amines is 1. The van der Waals surface area contributed by atoms with Crippen LogP contribution in [0.2, 0.25) is 0 Å². The zero-order valence-corrected chi connectivity index (χ0v) is 8.93. The number of nitrogens with zero attached hydrogens (tertiary/aromatic N) is 2. The molecule has 2 aromatic rings. The standard InChI is InChI=1S/C9H12N4S/c1-9(2,10)8-11-7(12-13-8)6-4-3-5-14-6/h3-5H,10H2,1-2H3,(H,11,12,13). The van der Waals surface area contributed by atoms with Crippen molar-refractivity contribution in [2.45, 2.75) is 19.4 Å². The third-order valence-electron chi connectivity index (χ3n) is 1.84. The highest BCUT2D eigenvalue weighted by molar-refractivity contribution is 7.13. The first-order valence-electron chi connectivity index (χ1n) is 4.33. The fourth-order valence-corrected chi connectivity index (χ4v) is 1.72. The second kappa shape index (κ2) is 3.18. The van der Waals surface area contributed by atoms with Crippen molar-refractivity contribution in [2.24, 2.45) is 5.73 Å². The van der Waals surface area contributed by atoms with Gasteiger partial charge in [0.1, 0.15) is 5.82 Å². The lowest BCUT2D eigenvalue weighted by atomic mass is 10.1. The van der Waals surface area contributed by atoms with E-state index in [0.29, 0.717) is 11.6 Å². The van der Waals surface area contributed by atoms with E-state index in [1.54, 1.807) is 11.3 Å². The number of nitrogens with one attached hydrogen (secondary N) is 1. The third kappa shape index (κ3) is 1.69. The van der Waals surface area contributed by atoms with Crippen molar-refractivity contribution >= 4 is 11.3 Å². The summed E-state index contributed by atoms with van der Waals surface area (Å²) in [5, 5.41) is 8.97. The Morgan fingerprint density at radius 2 is 2.29 bits per heavy atom. The van der Waals surface area contributed by atoms with E-state index in [9.17, 15) is 0 Å². The molecule has 0 aliphatic rings. The van der Waals surface area contributed by atoms with E-state index in [0.717, 1.165) is 4.88 Å². The van der Waals surface area contributed by atoms with Crippen molar-refractivity contribution in [1.29, 1.82) is 0 Å². The molecular weight excluding hydrogens is 196 g/mol. The molecule has 0 spiro atoms. The van der Waals surface area contributed by atoms with Crippen LogP contribution in [0.3, 0.4) is 0 Å². The van der Waals surface area contributed by atoms with Crippen LogP contribution in [0.1, 0.15) is 19.7 Å². The topological polar surface area (TPSA) is 67.6 Å². The van der Waals surface area contributed by atoms with Crippen LogP contribution >= 0.6 is 11.3 Å². The van der Waals surface area contributed by atoms with Crippen LogP contribution in [0, 0.1) is 0 Å². The van der Waals surface area contributed by atoms with Crippen LogP contribution in [0.15, 0.2) is 17.5 Å². The molecule has 2 heterocycles. The van der Waals surface area contributed by atoms with E-state index >= 15 is 0 Å². The Morgan fingerprint density at radius 1 is 1.50 bits per heavy atom. The SMILES string of the molecule is CC(C)(N)c1nc(-c2cccs2)n[nH]1. The van der Waals surface area contributed by atoms with Crippen LogP contribution < -0.4 is 5.73 Å². The number of aromatic nitrogens is 3. The highest BCUT2D eigenvalue weighted by atomic mass is 32.1. The van der Waals surface area contributed by atoms with Gasteiger partial charge in [0.05, 0.1) is 10.4 Å². The predicted octanol–water partition coefficient (Wildman–Crippen LogP) is 1.73. The first-order valence-corrected chi connectivity index (χ1v) is 5.21. The summed E-state index contributed by atoms with van der Waals surface area (Å²) < 4.78 is 0. The van der Waals surface area contributed by atoms with E-state index in [-0.39, 0.29) is 0 Å². The molecule has 0 atom stereocenters. The number of hydrogen-bond acceptors (Lipinski definition) is 4. The number of rotatable bonds is 2. The Labute approximate surface area is 86.2 Å². The molecule has 14 heavy (non-hydrogen) atoms. The molecule has 0 saturated heterocycles. The van der Waals surface area contributed by atoms with Crippen molar-refractivity contribution in [3.63, 3.8) is 0 Å². The Hall–Kier alpha value is -1.20. The minimum absolute atomic E-state index is 0.470. The Bertz CT molecular complexity index is 410. The van der Waals surface area contributed by atoms with Crippen molar-refractivity contribution in [3.8, 4) is 10.7 Å². The molecule has 4 nitrogen and oxygen atoms in total. The van der Waals surface area contributed by atoms with Gasteiger partial charge < -0.3 is 5.73 Å². The average Bonchev–Trinajstić information content (AvgIpc) is 2.73. The maximum Gasteiger partial charge on any atom is 0.191 e. The Kier molecular flexibility index (Phi) is 2.13. The molecule has 0 saturated carbocycles. The summed E-state index contributed by atoms with van der Waals surface area (Å²) in [6.07, 6.45) is 0. The molecule has 74 valence electrons. The van der Waals surface area contributed by atoms with Gasteiger partial charge in [-0.05, 0) is 25.3 Å². The van der Waals surface area contributed by atoms with Gasteiger partial charge in [-0.1, -0.05) is 6.07 Å². The largest absolute Gasteiger partial charge is 0.319 e. The molecule has 2 aromatic heterocycles. The van der Waals surface area contributed by atoms with Crippen molar-refractivity contribution < 1.29 is 0 Å². The van der Waals surface area contributed by atoms with Crippen LogP contribution in [0.4, 0.5) is 0 Å². The zero-order valence-electron chi connectivity index (χ0n) is 8.11. The highest BCUT2D eigenvalue weighted by Crippen LogP contribution is 2.22. The minimum Gasteiger partial charge on any atom is -0.319 e. The lowest BCUT2D eigenvalue weighted by Crippen LogP contribution is -2.30. The quantitative estimate of drug-likeness (QED) is 0.789. The summed E-state index contributed by atoms with van der Waals surface area (Å²) in [7, 11) is 0. The summed E-state index contributed by atoms with van der Waals surface area (Å²) in [6, 6.07) is 3.96. The molecule has 3 N–H and O–H groups in total. The van der Waals surface area contributed by atoms with Gasteiger partial charge in [0.2, 0.25) is 0 Å². The van der Waals surface area contributed by atoms with Gasteiger partial charge >= 0.3 is 0 Å². The smallest absolute Gasteiger partial charge is 0.191 e. The van der Waals surface area contributed by atoms with E-state index in [4.69, 9.17) is 5.73 Å².